The summed E-state index contributed by atoms with van der Waals surface area (Å²) in [5, 5.41) is 13.9. The molecule has 0 amide bonds. The summed E-state index contributed by atoms with van der Waals surface area (Å²) in [5.41, 5.74) is 4.35. The smallest absolute Gasteiger partial charge is 0.341 e. The lowest BCUT2D eigenvalue weighted by molar-refractivity contribution is -0.193. The average Bonchev–Trinajstić information content (AvgIpc) is 2.93. The first-order valence-electron chi connectivity index (χ1n) is 15.9. The van der Waals surface area contributed by atoms with Crippen LogP contribution in [0.15, 0.2) is 28.5 Å². The van der Waals surface area contributed by atoms with E-state index >= 15 is 0 Å². The second kappa shape index (κ2) is 10.1. The van der Waals surface area contributed by atoms with Crippen molar-refractivity contribution in [3.05, 3.63) is 23.3 Å². The van der Waals surface area contributed by atoms with E-state index in [0.29, 0.717) is 32.3 Å². The quantitative estimate of drug-likeness (QED) is 0.178. The number of nitriles is 1. The Hall–Kier alpha value is -2.79. The monoisotopic (exact) mass is 591 g/mol. The first-order chi connectivity index (χ1) is 19.9. The van der Waals surface area contributed by atoms with Gasteiger partial charge in [0.15, 0.2) is 11.6 Å². The number of hydrogen-bond acceptors (Lipinski definition) is 7. The van der Waals surface area contributed by atoms with Gasteiger partial charge in [-0.2, -0.15) is 5.26 Å². The number of nitrogens with two attached hydrogens (primary N) is 1. The number of ketones is 2. The highest BCUT2D eigenvalue weighted by atomic mass is 16.7. The molecular weight excluding hydrogens is 542 g/mol. The number of methoxy groups -OCH3 is 1. The van der Waals surface area contributed by atoms with Crippen LogP contribution in [0, 0.1) is 61.6 Å². The van der Waals surface area contributed by atoms with E-state index in [4.69, 9.17) is 15.3 Å². The molecule has 3 saturated carbocycles. The zero-order chi connectivity index (χ0) is 31.8. The van der Waals surface area contributed by atoms with Crippen LogP contribution in [-0.2, 0) is 24.0 Å². The van der Waals surface area contributed by atoms with Gasteiger partial charge in [-0.3, -0.25) is 9.59 Å². The number of carbonyl (C=O) groups excluding carboxylic acids is 3. The van der Waals surface area contributed by atoms with Gasteiger partial charge in [0.2, 0.25) is 0 Å². The van der Waals surface area contributed by atoms with Crippen molar-refractivity contribution in [3.8, 4) is 6.07 Å². The SMILES string of the molecule is COCC/C(N)=N/OC(=O)[C@]12CCC(C)(C)C[C@H]1[C@H]1C(=O)C=C3[C@@]4(C)C=C(C#N)C(=O)C(C)(C)[C@@H]4CC[C@@]3(C)[C@]1(C)CC2. The zero-order valence-electron chi connectivity index (χ0n) is 27.3. The molecule has 0 spiro atoms. The van der Waals surface area contributed by atoms with E-state index in [1.54, 1.807) is 7.11 Å². The third-order valence-electron chi connectivity index (χ3n) is 13.1. The number of oxime groups is 1. The lowest BCUT2D eigenvalue weighted by atomic mass is 9.34. The highest BCUT2D eigenvalue weighted by molar-refractivity contribution is 6.04. The number of carbonyl (C=O) groups is 3. The van der Waals surface area contributed by atoms with Gasteiger partial charge in [0.25, 0.3) is 0 Å². The van der Waals surface area contributed by atoms with Crippen molar-refractivity contribution in [2.24, 2.45) is 61.1 Å². The molecule has 0 aromatic rings. The Labute approximate surface area is 256 Å². The number of hydrogen-bond donors (Lipinski definition) is 1. The van der Waals surface area contributed by atoms with Crippen LogP contribution < -0.4 is 5.73 Å². The van der Waals surface area contributed by atoms with E-state index in [-0.39, 0.29) is 57.5 Å². The van der Waals surface area contributed by atoms with Gasteiger partial charge in [-0.1, -0.05) is 65.3 Å². The van der Waals surface area contributed by atoms with Crippen LogP contribution in [0.25, 0.3) is 0 Å². The fourth-order valence-electron chi connectivity index (χ4n) is 10.4. The molecule has 0 aromatic carbocycles. The lowest BCUT2D eigenvalue weighted by Gasteiger charge is -2.68. The average molecular weight is 592 g/mol. The van der Waals surface area contributed by atoms with Gasteiger partial charge in [0.05, 0.1) is 17.6 Å². The van der Waals surface area contributed by atoms with Gasteiger partial charge < -0.3 is 15.3 Å². The lowest BCUT2D eigenvalue weighted by Crippen LogP contribution is -2.65. The molecule has 0 saturated heterocycles. The van der Waals surface area contributed by atoms with E-state index in [1.165, 1.54) is 0 Å². The van der Waals surface area contributed by atoms with Crippen molar-refractivity contribution >= 4 is 23.4 Å². The standard InChI is InChI=1S/C35H49N3O5/c1-30(2)12-14-35(29(41)43-38-26(37)10-16-42-8)15-13-34(7)27(22(35)19-30)23(39)17-25-32(5)18-21(20-36)28(40)31(3,4)24(32)9-11-33(25,34)6/h17-18,22,24,27H,9-16,19H2,1-8H3,(H2,37,38)/t22-,24-,27-,32-,33+,34+,35-/m0/s1. The maximum Gasteiger partial charge on any atom is 0.341 e. The molecule has 8 heteroatoms. The van der Waals surface area contributed by atoms with Crippen LogP contribution in [0.4, 0.5) is 0 Å². The van der Waals surface area contributed by atoms with Crippen molar-refractivity contribution in [2.45, 2.75) is 99.8 Å². The number of amidine groups is 1. The zero-order valence-corrected chi connectivity index (χ0v) is 27.3. The molecule has 0 unspecified atom stereocenters. The Morgan fingerprint density at radius 1 is 1.07 bits per heavy atom. The van der Waals surface area contributed by atoms with Crippen molar-refractivity contribution in [3.63, 3.8) is 0 Å². The second-order valence-electron chi connectivity index (χ2n) is 16.1. The van der Waals surface area contributed by atoms with Crippen molar-refractivity contribution in [2.75, 3.05) is 13.7 Å². The van der Waals surface area contributed by atoms with E-state index in [9.17, 15) is 19.6 Å². The molecular formula is C35H49N3O5. The Bertz CT molecular complexity index is 1380. The van der Waals surface area contributed by atoms with Gasteiger partial charge in [0.1, 0.15) is 11.9 Å². The third kappa shape index (κ3) is 4.39. The molecule has 5 aliphatic rings. The maximum absolute atomic E-state index is 14.6. The number of allylic oxidation sites excluding steroid dienone is 4. The van der Waals surface area contributed by atoms with Crippen LogP contribution >= 0.6 is 0 Å². The molecule has 5 rings (SSSR count). The van der Waals surface area contributed by atoms with E-state index in [1.807, 2.05) is 26.0 Å². The maximum atomic E-state index is 14.6. The summed E-state index contributed by atoms with van der Waals surface area (Å²) in [5.74, 6) is -0.783. The minimum atomic E-state index is -0.809. The summed E-state index contributed by atoms with van der Waals surface area (Å²) in [4.78, 5) is 47.4. The molecule has 234 valence electrons. The molecule has 8 nitrogen and oxygen atoms in total. The highest BCUT2D eigenvalue weighted by Gasteiger charge is 2.71. The van der Waals surface area contributed by atoms with Crippen molar-refractivity contribution in [1.82, 2.24) is 0 Å². The fourth-order valence-corrected chi connectivity index (χ4v) is 10.4. The minimum absolute atomic E-state index is 0.00965. The molecule has 43 heavy (non-hydrogen) atoms. The molecule has 2 N–H and O–H groups in total. The molecule has 5 aliphatic carbocycles. The summed E-state index contributed by atoms with van der Waals surface area (Å²) < 4.78 is 5.07. The van der Waals surface area contributed by atoms with E-state index < -0.39 is 21.7 Å². The van der Waals surface area contributed by atoms with Crippen LogP contribution in [0.3, 0.4) is 0 Å². The molecule has 0 aliphatic heterocycles. The van der Waals surface area contributed by atoms with Crippen LogP contribution in [-0.4, -0.2) is 37.1 Å². The normalized spacial score (nSPS) is 41.4. The predicted molar refractivity (Wildman–Crippen MR) is 163 cm³/mol. The number of fused-ring (bicyclic) bond motifs is 7. The van der Waals surface area contributed by atoms with Gasteiger partial charge in [-0.15, -0.1) is 0 Å². The van der Waals surface area contributed by atoms with Crippen LogP contribution in [0.2, 0.25) is 0 Å². The number of nitrogens with zero attached hydrogens (tertiary/aromatic N) is 2. The first-order valence-corrected chi connectivity index (χ1v) is 15.9. The second-order valence-corrected chi connectivity index (χ2v) is 16.1. The molecule has 0 aromatic heterocycles. The van der Waals surface area contributed by atoms with E-state index in [0.717, 1.165) is 31.3 Å². The molecule has 0 bridgehead atoms. The highest BCUT2D eigenvalue weighted by Crippen LogP contribution is 2.74. The fraction of sp³-hybridized carbons (Fsp3) is 0.743. The molecule has 3 fully saturated rings. The van der Waals surface area contributed by atoms with Gasteiger partial charge in [-0.25, -0.2) is 4.79 Å². The van der Waals surface area contributed by atoms with Crippen LogP contribution in [0.5, 0.6) is 0 Å². The summed E-state index contributed by atoms with van der Waals surface area (Å²) in [7, 11) is 1.58. The van der Waals surface area contributed by atoms with Crippen LogP contribution in [0.1, 0.15) is 99.8 Å². The number of rotatable bonds is 5. The van der Waals surface area contributed by atoms with Gasteiger partial charge >= 0.3 is 5.97 Å². The molecule has 0 radical (unpaired) electrons. The van der Waals surface area contributed by atoms with Gasteiger partial charge in [0, 0.05) is 30.3 Å². The van der Waals surface area contributed by atoms with Gasteiger partial charge in [-0.05, 0) is 79.1 Å². The molecule has 0 heterocycles. The number of Topliss-reactive ketones (excluding diaryl/α,β-unsaturated/α-hetero) is 1. The first kappa shape index (κ1) is 31.6. The summed E-state index contributed by atoms with van der Waals surface area (Å²) in [6, 6.07) is 2.17. The topological polar surface area (TPSA) is 132 Å². The summed E-state index contributed by atoms with van der Waals surface area (Å²) in [6.45, 7) is 15.4. The Morgan fingerprint density at radius 3 is 2.40 bits per heavy atom. The summed E-state index contributed by atoms with van der Waals surface area (Å²) in [6.07, 6.45) is 9.34. The Morgan fingerprint density at radius 2 is 1.74 bits per heavy atom. The van der Waals surface area contributed by atoms with Crippen molar-refractivity contribution < 1.29 is 24.0 Å². The molecule has 7 atom stereocenters. The number of ether oxygens (including phenoxy) is 1. The minimum Gasteiger partial charge on any atom is -0.384 e. The Balaban J connectivity index is 1.61. The summed E-state index contributed by atoms with van der Waals surface area (Å²) >= 11 is 0. The Kier molecular flexibility index (Phi) is 7.44. The predicted octanol–water partition coefficient (Wildman–Crippen LogP) is 6.06. The van der Waals surface area contributed by atoms with Crippen molar-refractivity contribution in [1.29, 1.82) is 5.26 Å². The third-order valence-corrected chi connectivity index (χ3v) is 13.1. The largest absolute Gasteiger partial charge is 0.384 e. The van der Waals surface area contributed by atoms with E-state index in [2.05, 4.69) is 45.8 Å².